The molecule has 1 saturated carbocycles. The first-order chi connectivity index (χ1) is 9.60. The highest BCUT2D eigenvalue weighted by molar-refractivity contribution is 5.42. The van der Waals surface area contributed by atoms with Crippen molar-refractivity contribution in [3.63, 3.8) is 0 Å². The van der Waals surface area contributed by atoms with Crippen LogP contribution in [0.25, 0.3) is 0 Å². The first-order valence-electron chi connectivity index (χ1n) is 7.61. The van der Waals surface area contributed by atoms with E-state index >= 15 is 0 Å². The van der Waals surface area contributed by atoms with Crippen LogP contribution in [0.4, 0.5) is 5.82 Å². The molecule has 1 aromatic rings. The third kappa shape index (κ3) is 3.82. The highest BCUT2D eigenvalue weighted by Crippen LogP contribution is 2.27. The van der Waals surface area contributed by atoms with Gasteiger partial charge in [0, 0.05) is 24.7 Å². The standard InChI is InChI=1S/C15H26N4O/c1-4-19(13-7-5-12(16)6-8-13)14-9-15(18-10-17-14)20-11(2)3/h9-13H,4-8,16H2,1-3H3. The van der Waals surface area contributed by atoms with Gasteiger partial charge in [0.2, 0.25) is 5.88 Å². The number of ether oxygens (including phenoxy) is 1. The molecule has 1 aliphatic rings. The Hall–Kier alpha value is -1.36. The summed E-state index contributed by atoms with van der Waals surface area (Å²) in [5.41, 5.74) is 5.99. The molecule has 0 atom stereocenters. The molecule has 0 unspecified atom stereocenters. The molecule has 2 rings (SSSR count). The van der Waals surface area contributed by atoms with Gasteiger partial charge < -0.3 is 15.4 Å². The summed E-state index contributed by atoms with van der Waals surface area (Å²) in [6.07, 6.45) is 6.19. The van der Waals surface area contributed by atoms with Crippen molar-refractivity contribution in [2.45, 2.75) is 64.6 Å². The Balaban J connectivity index is 2.10. The van der Waals surface area contributed by atoms with E-state index in [9.17, 15) is 0 Å². The van der Waals surface area contributed by atoms with Crippen molar-refractivity contribution in [1.29, 1.82) is 0 Å². The number of hydrogen-bond acceptors (Lipinski definition) is 5. The molecular weight excluding hydrogens is 252 g/mol. The maximum Gasteiger partial charge on any atom is 0.218 e. The number of rotatable bonds is 5. The van der Waals surface area contributed by atoms with Crippen molar-refractivity contribution in [2.24, 2.45) is 5.73 Å². The largest absolute Gasteiger partial charge is 0.475 e. The maximum atomic E-state index is 5.99. The predicted octanol–water partition coefficient (Wildman–Crippen LogP) is 2.36. The molecule has 2 N–H and O–H groups in total. The summed E-state index contributed by atoms with van der Waals surface area (Å²) in [6, 6.07) is 2.84. The summed E-state index contributed by atoms with van der Waals surface area (Å²) in [4.78, 5) is 10.9. The monoisotopic (exact) mass is 278 g/mol. The molecule has 5 heteroatoms. The molecule has 0 radical (unpaired) electrons. The van der Waals surface area contributed by atoms with Crippen LogP contribution in [-0.2, 0) is 0 Å². The molecule has 1 aromatic heterocycles. The van der Waals surface area contributed by atoms with Gasteiger partial charge >= 0.3 is 0 Å². The molecule has 0 bridgehead atoms. The summed E-state index contributed by atoms with van der Waals surface area (Å²) >= 11 is 0. The van der Waals surface area contributed by atoms with Crippen LogP contribution >= 0.6 is 0 Å². The molecule has 112 valence electrons. The lowest BCUT2D eigenvalue weighted by atomic mass is 9.91. The minimum atomic E-state index is 0.125. The Morgan fingerprint density at radius 3 is 2.60 bits per heavy atom. The predicted molar refractivity (Wildman–Crippen MR) is 81.0 cm³/mol. The maximum absolute atomic E-state index is 5.99. The third-order valence-corrected chi connectivity index (χ3v) is 3.80. The van der Waals surface area contributed by atoms with Crippen LogP contribution in [0.2, 0.25) is 0 Å². The van der Waals surface area contributed by atoms with E-state index in [0.717, 1.165) is 38.0 Å². The minimum Gasteiger partial charge on any atom is -0.475 e. The van der Waals surface area contributed by atoms with Crippen molar-refractivity contribution in [3.8, 4) is 5.88 Å². The second-order valence-electron chi connectivity index (χ2n) is 5.74. The van der Waals surface area contributed by atoms with Gasteiger partial charge in [-0.25, -0.2) is 9.97 Å². The zero-order valence-electron chi connectivity index (χ0n) is 12.7. The van der Waals surface area contributed by atoms with E-state index in [1.807, 2.05) is 19.9 Å². The second-order valence-corrected chi connectivity index (χ2v) is 5.74. The first-order valence-corrected chi connectivity index (χ1v) is 7.61. The van der Waals surface area contributed by atoms with E-state index in [-0.39, 0.29) is 6.10 Å². The molecule has 0 aromatic carbocycles. The average molecular weight is 278 g/mol. The number of nitrogens with zero attached hydrogens (tertiary/aromatic N) is 3. The highest BCUT2D eigenvalue weighted by atomic mass is 16.5. The highest BCUT2D eigenvalue weighted by Gasteiger charge is 2.24. The second kappa shape index (κ2) is 6.88. The Bertz CT molecular complexity index is 416. The van der Waals surface area contributed by atoms with E-state index in [2.05, 4.69) is 21.8 Å². The summed E-state index contributed by atoms with van der Waals surface area (Å²) in [5, 5.41) is 0. The van der Waals surface area contributed by atoms with Gasteiger partial charge in [0.05, 0.1) is 6.10 Å². The fourth-order valence-corrected chi connectivity index (χ4v) is 2.81. The van der Waals surface area contributed by atoms with E-state index < -0.39 is 0 Å². The van der Waals surface area contributed by atoms with Crippen molar-refractivity contribution in [2.75, 3.05) is 11.4 Å². The van der Waals surface area contributed by atoms with Gasteiger partial charge in [0.15, 0.2) is 0 Å². The normalized spacial score (nSPS) is 22.9. The Morgan fingerprint density at radius 1 is 1.30 bits per heavy atom. The first kappa shape index (κ1) is 15.0. The number of hydrogen-bond donors (Lipinski definition) is 1. The molecule has 1 heterocycles. The summed E-state index contributed by atoms with van der Waals surface area (Å²) in [5.74, 6) is 1.61. The van der Waals surface area contributed by atoms with Gasteiger partial charge in [0.25, 0.3) is 0 Å². The summed E-state index contributed by atoms with van der Waals surface area (Å²) < 4.78 is 5.66. The average Bonchev–Trinajstić information content (AvgIpc) is 2.41. The van der Waals surface area contributed by atoms with Gasteiger partial charge in [-0.2, -0.15) is 0 Å². The van der Waals surface area contributed by atoms with Crippen LogP contribution in [-0.4, -0.2) is 34.7 Å². The van der Waals surface area contributed by atoms with Crippen LogP contribution in [0.1, 0.15) is 46.5 Å². The van der Waals surface area contributed by atoms with Gasteiger partial charge in [-0.3, -0.25) is 0 Å². The zero-order valence-corrected chi connectivity index (χ0v) is 12.7. The molecule has 0 saturated heterocycles. The van der Waals surface area contributed by atoms with Crippen LogP contribution in [0.5, 0.6) is 5.88 Å². The molecule has 0 aliphatic heterocycles. The van der Waals surface area contributed by atoms with Crippen LogP contribution in [0.3, 0.4) is 0 Å². The van der Waals surface area contributed by atoms with Crippen molar-refractivity contribution < 1.29 is 4.74 Å². The molecule has 5 nitrogen and oxygen atoms in total. The zero-order chi connectivity index (χ0) is 14.5. The van der Waals surface area contributed by atoms with Crippen molar-refractivity contribution in [1.82, 2.24) is 9.97 Å². The Kier molecular flexibility index (Phi) is 5.17. The van der Waals surface area contributed by atoms with E-state index in [4.69, 9.17) is 10.5 Å². The minimum absolute atomic E-state index is 0.125. The third-order valence-electron chi connectivity index (χ3n) is 3.80. The van der Waals surface area contributed by atoms with Crippen molar-refractivity contribution >= 4 is 5.82 Å². The van der Waals surface area contributed by atoms with Crippen LogP contribution in [0, 0.1) is 0 Å². The van der Waals surface area contributed by atoms with Gasteiger partial charge in [0.1, 0.15) is 12.1 Å². The lowest BCUT2D eigenvalue weighted by Crippen LogP contribution is -2.41. The lowest BCUT2D eigenvalue weighted by molar-refractivity contribution is 0.232. The van der Waals surface area contributed by atoms with E-state index in [1.165, 1.54) is 0 Å². The molecule has 0 amide bonds. The van der Waals surface area contributed by atoms with E-state index in [1.54, 1.807) is 6.33 Å². The quantitative estimate of drug-likeness (QED) is 0.895. The lowest BCUT2D eigenvalue weighted by Gasteiger charge is -2.36. The molecule has 1 aliphatic carbocycles. The molecule has 1 fully saturated rings. The Labute approximate surface area is 121 Å². The topological polar surface area (TPSA) is 64.3 Å². The summed E-state index contributed by atoms with van der Waals surface area (Å²) in [6.45, 7) is 7.11. The van der Waals surface area contributed by atoms with Crippen molar-refractivity contribution in [3.05, 3.63) is 12.4 Å². The molecular formula is C15H26N4O. The fraction of sp³-hybridized carbons (Fsp3) is 0.733. The molecule has 0 spiro atoms. The number of aromatic nitrogens is 2. The van der Waals surface area contributed by atoms with E-state index in [0.29, 0.717) is 18.0 Å². The van der Waals surface area contributed by atoms with Gasteiger partial charge in [-0.05, 0) is 46.5 Å². The molecule has 20 heavy (non-hydrogen) atoms. The SMILES string of the molecule is CCN(c1cc(OC(C)C)ncn1)C1CCC(N)CC1. The van der Waals surface area contributed by atoms with Crippen LogP contribution in [0.15, 0.2) is 12.4 Å². The smallest absolute Gasteiger partial charge is 0.218 e. The number of nitrogens with two attached hydrogens (primary N) is 1. The van der Waals surface area contributed by atoms with Gasteiger partial charge in [-0.15, -0.1) is 0 Å². The Morgan fingerprint density at radius 2 is 2.00 bits per heavy atom. The number of anilines is 1. The van der Waals surface area contributed by atoms with Gasteiger partial charge in [-0.1, -0.05) is 0 Å². The summed E-state index contributed by atoms with van der Waals surface area (Å²) in [7, 11) is 0. The fourth-order valence-electron chi connectivity index (χ4n) is 2.81. The van der Waals surface area contributed by atoms with Crippen LogP contribution < -0.4 is 15.4 Å².